The van der Waals surface area contributed by atoms with Gasteiger partial charge in [-0.3, -0.25) is 9.59 Å². The summed E-state index contributed by atoms with van der Waals surface area (Å²) >= 11 is 0. The van der Waals surface area contributed by atoms with Gasteiger partial charge in [-0.25, -0.2) is 0 Å². The Morgan fingerprint density at radius 1 is 1.40 bits per heavy atom. The maximum atomic E-state index is 11.6. The molecule has 0 spiro atoms. The predicted molar refractivity (Wildman–Crippen MR) is 57.2 cm³/mol. The van der Waals surface area contributed by atoms with Crippen LogP contribution in [0.1, 0.15) is 27.7 Å². The van der Waals surface area contributed by atoms with Gasteiger partial charge in [0, 0.05) is 0 Å². The topological polar surface area (TPSA) is 84.6 Å². The minimum absolute atomic E-state index is 0.0521. The Kier molecular flexibility index (Phi) is 2.95. The lowest BCUT2D eigenvalue weighted by Crippen LogP contribution is -2.56. The molecule has 0 fully saturated rings. The number of nitrogens with one attached hydrogen (secondary N) is 1. The van der Waals surface area contributed by atoms with E-state index in [1.807, 2.05) is 13.8 Å². The van der Waals surface area contributed by atoms with Gasteiger partial charge in [0.2, 0.25) is 5.91 Å². The first-order valence-corrected chi connectivity index (χ1v) is 4.96. The number of hydrogen-bond acceptors (Lipinski definition) is 3. The summed E-state index contributed by atoms with van der Waals surface area (Å²) in [5.41, 5.74) is 4.96. The van der Waals surface area contributed by atoms with Crippen LogP contribution in [0.2, 0.25) is 0 Å². The molecule has 1 heterocycles. The molecule has 15 heavy (non-hydrogen) atoms. The number of amides is 2. The summed E-state index contributed by atoms with van der Waals surface area (Å²) in [6.45, 7) is 7.01. The molecule has 84 valence electrons. The monoisotopic (exact) mass is 211 g/mol. The van der Waals surface area contributed by atoms with Crippen LogP contribution in [-0.2, 0) is 9.59 Å². The lowest BCUT2D eigenvalue weighted by atomic mass is 9.91. The van der Waals surface area contributed by atoms with Crippen molar-refractivity contribution in [1.29, 1.82) is 0 Å². The first-order valence-electron chi connectivity index (χ1n) is 4.96. The van der Waals surface area contributed by atoms with Crippen molar-refractivity contribution in [2.75, 3.05) is 0 Å². The fourth-order valence-electron chi connectivity index (χ4n) is 1.41. The van der Waals surface area contributed by atoms with Crippen molar-refractivity contribution in [2.24, 2.45) is 22.6 Å². The molecule has 1 rings (SSSR count). The molecule has 0 aliphatic carbocycles. The molecule has 1 unspecified atom stereocenters. The molecule has 5 heteroatoms. The van der Waals surface area contributed by atoms with Gasteiger partial charge in [0.05, 0.1) is 5.54 Å². The number of amidine groups is 1. The van der Waals surface area contributed by atoms with Crippen LogP contribution in [0.4, 0.5) is 0 Å². The molecule has 1 aliphatic rings. The normalized spacial score (nSPS) is 22.8. The molecule has 0 aromatic rings. The van der Waals surface area contributed by atoms with Gasteiger partial charge in [-0.15, -0.1) is 0 Å². The average Bonchev–Trinajstić information content (AvgIpc) is 1.99. The highest BCUT2D eigenvalue weighted by Crippen LogP contribution is 2.17. The van der Waals surface area contributed by atoms with Crippen LogP contribution in [0.25, 0.3) is 0 Å². The van der Waals surface area contributed by atoms with Crippen LogP contribution >= 0.6 is 0 Å². The van der Waals surface area contributed by atoms with E-state index >= 15 is 0 Å². The fraction of sp³-hybridized carbons (Fsp3) is 0.700. The minimum Gasteiger partial charge on any atom is -0.319 e. The van der Waals surface area contributed by atoms with Crippen LogP contribution in [0, 0.1) is 11.8 Å². The van der Waals surface area contributed by atoms with Crippen LogP contribution in [0.5, 0.6) is 0 Å². The van der Waals surface area contributed by atoms with Crippen LogP contribution < -0.4 is 11.1 Å². The number of carbonyl (C=O) groups is 2. The van der Waals surface area contributed by atoms with Crippen molar-refractivity contribution < 1.29 is 9.59 Å². The van der Waals surface area contributed by atoms with E-state index in [-0.39, 0.29) is 17.7 Å². The van der Waals surface area contributed by atoms with E-state index in [0.29, 0.717) is 0 Å². The maximum Gasteiger partial charge on any atom is 0.260 e. The molecule has 0 saturated heterocycles. The summed E-state index contributed by atoms with van der Waals surface area (Å²) in [6.07, 6.45) is 0. The van der Waals surface area contributed by atoms with Gasteiger partial charge in [0.15, 0.2) is 0 Å². The van der Waals surface area contributed by atoms with E-state index in [9.17, 15) is 9.59 Å². The first kappa shape index (κ1) is 11.8. The van der Waals surface area contributed by atoms with Gasteiger partial charge >= 0.3 is 0 Å². The Bertz CT molecular complexity index is 326. The van der Waals surface area contributed by atoms with Crippen molar-refractivity contribution in [3.05, 3.63) is 0 Å². The highest BCUT2D eigenvalue weighted by molar-refractivity contribution is 6.18. The van der Waals surface area contributed by atoms with Crippen LogP contribution in [-0.4, -0.2) is 23.2 Å². The Morgan fingerprint density at radius 3 is 2.27 bits per heavy atom. The number of nitrogens with zero attached hydrogens (tertiary/aromatic N) is 1. The Labute approximate surface area is 89.1 Å². The number of hydrogen-bond donors (Lipinski definition) is 2. The zero-order chi connectivity index (χ0) is 11.8. The second-order valence-electron chi connectivity index (χ2n) is 4.73. The standard InChI is InChI=1S/C10H17N3O2/c1-5(2)6-7(14)12-9(10(3,4)11)13-8(6)15/h5-6H,11H2,1-4H3,(H,12,13,14,15). The van der Waals surface area contributed by atoms with E-state index in [2.05, 4.69) is 10.3 Å². The van der Waals surface area contributed by atoms with Crippen molar-refractivity contribution >= 4 is 17.6 Å². The summed E-state index contributed by atoms with van der Waals surface area (Å²) in [5, 5.41) is 2.58. The summed E-state index contributed by atoms with van der Waals surface area (Å²) < 4.78 is 0. The number of nitrogens with two attached hydrogens (primary N) is 1. The van der Waals surface area contributed by atoms with Gasteiger partial charge in [-0.2, -0.15) is 4.99 Å². The van der Waals surface area contributed by atoms with Crippen molar-refractivity contribution in [3.63, 3.8) is 0 Å². The van der Waals surface area contributed by atoms with Gasteiger partial charge in [-0.1, -0.05) is 13.8 Å². The smallest absolute Gasteiger partial charge is 0.260 e. The first-order chi connectivity index (χ1) is 6.73. The molecular weight excluding hydrogens is 194 g/mol. The highest BCUT2D eigenvalue weighted by Gasteiger charge is 2.37. The molecule has 2 amide bonds. The van der Waals surface area contributed by atoms with E-state index in [1.54, 1.807) is 13.8 Å². The van der Waals surface area contributed by atoms with Crippen LogP contribution in [0.15, 0.2) is 4.99 Å². The Balaban J connectivity index is 3.01. The molecule has 0 aromatic heterocycles. The van der Waals surface area contributed by atoms with Crippen molar-refractivity contribution in [1.82, 2.24) is 5.32 Å². The van der Waals surface area contributed by atoms with E-state index < -0.39 is 17.4 Å². The molecular formula is C10H17N3O2. The van der Waals surface area contributed by atoms with Crippen LogP contribution in [0.3, 0.4) is 0 Å². The fourth-order valence-corrected chi connectivity index (χ4v) is 1.41. The highest BCUT2D eigenvalue weighted by atomic mass is 16.2. The third-order valence-corrected chi connectivity index (χ3v) is 2.29. The zero-order valence-corrected chi connectivity index (χ0v) is 9.50. The lowest BCUT2D eigenvalue weighted by Gasteiger charge is -2.28. The van der Waals surface area contributed by atoms with Gasteiger partial charge < -0.3 is 11.1 Å². The van der Waals surface area contributed by atoms with E-state index in [1.165, 1.54) is 0 Å². The molecule has 0 radical (unpaired) electrons. The van der Waals surface area contributed by atoms with Gasteiger partial charge in [0.1, 0.15) is 11.8 Å². The maximum absolute atomic E-state index is 11.6. The number of carbonyl (C=O) groups excluding carboxylic acids is 2. The summed E-state index contributed by atoms with van der Waals surface area (Å²) in [5.74, 6) is -1.20. The molecule has 0 bridgehead atoms. The largest absolute Gasteiger partial charge is 0.319 e. The molecule has 5 nitrogen and oxygen atoms in total. The second-order valence-corrected chi connectivity index (χ2v) is 4.73. The Hall–Kier alpha value is -1.23. The van der Waals surface area contributed by atoms with Gasteiger partial charge in [0.25, 0.3) is 5.91 Å². The van der Waals surface area contributed by atoms with E-state index in [4.69, 9.17) is 5.73 Å². The minimum atomic E-state index is -0.798. The average molecular weight is 211 g/mol. The van der Waals surface area contributed by atoms with E-state index in [0.717, 1.165) is 0 Å². The predicted octanol–water partition coefficient (Wildman–Crippen LogP) is 0.0508. The molecule has 3 N–H and O–H groups in total. The third-order valence-electron chi connectivity index (χ3n) is 2.29. The van der Waals surface area contributed by atoms with Crippen molar-refractivity contribution in [3.8, 4) is 0 Å². The second kappa shape index (κ2) is 3.73. The van der Waals surface area contributed by atoms with Gasteiger partial charge in [-0.05, 0) is 19.8 Å². The molecule has 0 saturated carbocycles. The lowest BCUT2D eigenvalue weighted by molar-refractivity contribution is -0.135. The van der Waals surface area contributed by atoms with Crippen molar-refractivity contribution in [2.45, 2.75) is 33.2 Å². The zero-order valence-electron chi connectivity index (χ0n) is 9.50. The molecule has 1 atom stereocenters. The number of aliphatic imine (C=N–C) groups is 1. The Morgan fingerprint density at radius 2 is 1.93 bits per heavy atom. The SMILES string of the molecule is CC(C)C1C(=O)N=C(C(C)(C)N)NC1=O. The summed E-state index contributed by atoms with van der Waals surface area (Å²) in [6, 6.07) is 0. The quantitative estimate of drug-likeness (QED) is 0.633. The summed E-state index contributed by atoms with van der Waals surface area (Å²) in [7, 11) is 0. The third kappa shape index (κ3) is 2.41. The summed E-state index contributed by atoms with van der Waals surface area (Å²) in [4.78, 5) is 27.1. The molecule has 0 aromatic carbocycles. The molecule has 1 aliphatic heterocycles. The number of rotatable bonds is 2.